The Bertz CT molecular complexity index is 639. The zero-order chi connectivity index (χ0) is 14.0. The smallest absolute Gasteiger partial charge is 0.408 e. The summed E-state index contributed by atoms with van der Waals surface area (Å²) in [5, 5.41) is 2.87. The molecule has 0 bridgehead atoms. The minimum absolute atomic E-state index is 0.0209. The molecule has 1 unspecified atom stereocenters. The second kappa shape index (κ2) is 5.30. The summed E-state index contributed by atoms with van der Waals surface area (Å²) < 4.78 is 6.42. The van der Waals surface area contributed by atoms with Crippen molar-refractivity contribution in [2.45, 2.75) is 33.4 Å². The number of carbonyl (C=O) groups excluding carboxylic acids is 1. The average molecular weight is 262 g/mol. The molecule has 1 N–H and O–H groups in total. The molecule has 2 aromatic rings. The van der Waals surface area contributed by atoms with Crippen molar-refractivity contribution < 1.29 is 9.21 Å². The number of amides is 1. The van der Waals surface area contributed by atoms with Gasteiger partial charge >= 0.3 is 5.76 Å². The van der Waals surface area contributed by atoms with Crippen LogP contribution in [0.2, 0.25) is 0 Å². The third-order valence-corrected chi connectivity index (χ3v) is 3.26. The van der Waals surface area contributed by atoms with Crippen LogP contribution in [0, 0.1) is 5.92 Å². The minimum Gasteiger partial charge on any atom is -0.408 e. The molecular weight excluding hydrogens is 244 g/mol. The van der Waals surface area contributed by atoms with Gasteiger partial charge in [0.15, 0.2) is 5.58 Å². The summed E-state index contributed by atoms with van der Waals surface area (Å²) >= 11 is 0. The number of oxazole rings is 1. The second-order valence-corrected chi connectivity index (χ2v) is 5.02. The van der Waals surface area contributed by atoms with E-state index in [9.17, 15) is 9.59 Å². The van der Waals surface area contributed by atoms with Crippen LogP contribution < -0.4 is 11.1 Å². The van der Waals surface area contributed by atoms with E-state index in [0.29, 0.717) is 17.0 Å². The first-order valence-electron chi connectivity index (χ1n) is 6.36. The first kappa shape index (κ1) is 13.4. The van der Waals surface area contributed by atoms with Gasteiger partial charge in [0, 0.05) is 6.04 Å². The van der Waals surface area contributed by atoms with Gasteiger partial charge in [-0.05, 0) is 25.0 Å². The van der Waals surface area contributed by atoms with E-state index in [0.717, 1.165) is 0 Å². The average Bonchev–Trinajstić information content (AvgIpc) is 2.66. The first-order chi connectivity index (χ1) is 8.99. The summed E-state index contributed by atoms with van der Waals surface area (Å²) in [6, 6.07) is 7.14. The molecule has 1 aromatic heterocycles. The van der Waals surface area contributed by atoms with Gasteiger partial charge in [-0.2, -0.15) is 0 Å². The van der Waals surface area contributed by atoms with E-state index in [-0.39, 0.29) is 18.5 Å². The van der Waals surface area contributed by atoms with Crippen molar-refractivity contribution in [3.63, 3.8) is 0 Å². The summed E-state index contributed by atoms with van der Waals surface area (Å²) in [4.78, 5) is 23.6. The van der Waals surface area contributed by atoms with Crippen LogP contribution in [0.1, 0.15) is 20.8 Å². The van der Waals surface area contributed by atoms with Gasteiger partial charge in [-0.25, -0.2) is 4.79 Å². The summed E-state index contributed by atoms with van der Waals surface area (Å²) in [6.45, 7) is 5.99. The molecule has 0 fully saturated rings. The Kier molecular flexibility index (Phi) is 3.74. The normalized spacial score (nSPS) is 12.8. The van der Waals surface area contributed by atoms with Crippen molar-refractivity contribution in [2.75, 3.05) is 0 Å². The number of para-hydroxylation sites is 2. The fourth-order valence-electron chi connectivity index (χ4n) is 1.77. The largest absolute Gasteiger partial charge is 0.420 e. The molecule has 0 radical (unpaired) electrons. The van der Waals surface area contributed by atoms with E-state index in [1.165, 1.54) is 4.57 Å². The van der Waals surface area contributed by atoms with Gasteiger partial charge < -0.3 is 9.73 Å². The van der Waals surface area contributed by atoms with E-state index >= 15 is 0 Å². The molecule has 0 spiro atoms. The van der Waals surface area contributed by atoms with Gasteiger partial charge in [0.05, 0.1) is 5.52 Å². The number of rotatable bonds is 4. The molecule has 0 saturated heterocycles. The number of benzene rings is 1. The van der Waals surface area contributed by atoms with E-state index in [1.807, 2.05) is 26.8 Å². The Balaban J connectivity index is 2.20. The number of nitrogens with zero attached hydrogens (tertiary/aromatic N) is 1. The monoisotopic (exact) mass is 262 g/mol. The Morgan fingerprint density at radius 1 is 1.32 bits per heavy atom. The lowest BCUT2D eigenvalue weighted by Gasteiger charge is -2.17. The molecule has 1 heterocycles. The number of hydrogen-bond donors (Lipinski definition) is 1. The highest BCUT2D eigenvalue weighted by molar-refractivity contribution is 5.79. The summed E-state index contributed by atoms with van der Waals surface area (Å²) in [6.07, 6.45) is 0. The molecule has 19 heavy (non-hydrogen) atoms. The van der Waals surface area contributed by atoms with Gasteiger partial charge in [0.1, 0.15) is 6.54 Å². The predicted molar refractivity (Wildman–Crippen MR) is 72.9 cm³/mol. The van der Waals surface area contributed by atoms with Crippen LogP contribution in [-0.4, -0.2) is 16.5 Å². The Labute approximate surface area is 111 Å². The van der Waals surface area contributed by atoms with Crippen molar-refractivity contribution in [3.8, 4) is 0 Å². The number of fused-ring (bicyclic) bond motifs is 1. The molecular formula is C14H18N2O3. The van der Waals surface area contributed by atoms with Crippen LogP contribution in [0.25, 0.3) is 11.1 Å². The molecule has 5 nitrogen and oxygen atoms in total. The maximum Gasteiger partial charge on any atom is 0.420 e. The summed E-state index contributed by atoms with van der Waals surface area (Å²) in [5.74, 6) is -0.342. The van der Waals surface area contributed by atoms with Gasteiger partial charge in [0.25, 0.3) is 0 Å². The third kappa shape index (κ3) is 2.86. The van der Waals surface area contributed by atoms with Crippen molar-refractivity contribution in [2.24, 2.45) is 5.92 Å². The second-order valence-electron chi connectivity index (χ2n) is 5.02. The highest BCUT2D eigenvalue weighted by Gasteiger charge is 2.15. The number of aromatic nitrogens is 1. The lowest BCUT2D eigenvalue weighted by molar-refractivity contribution is -0.122. The van der Waals surface area contributed by atoms with Crippen LogP contribution in [0.4, 0.5) is 0 Å². The third-order valence-electron chi connectivity index (χ3n) is 3.26. The quantitative estimate of drug-likeness (QED) is 0.913. The predicted octanol–water partition coefficient (Wildman–Crippen LogP) is 1.76. The Hall–Kier alpha value is -2.04. The maximum absolute atomic E-state index is 11.9. The van der Waals surface area contributed by atoms with Crippen LogP contribution in [0.3, 0.4) is 0 Å². The Morgan fingerprint density at radius 2 is 2.00 bits per heavy atom. The zero-order valence-corrected chi connectivity index (χ0v) is 11.3. The topological polar surface area (TPSA) is 64.2 Å². The molecule has 2 rings (SSSR count). The van der Waals surface area contributed by atoms with E-state index in [1.54, 1.807) is 18.2 Å². The highest BCUT2D eigenvalue weighted by atomic mass is 16.4. The standard InChI is InChI=1S/C14H18N2O3/c1-9(2)10(3)15-13(17)8-16-11-6-4-5-7-12(11)19-14(16)18/h4-7,9-10H,8H2,1-3H3,(H,15,17). The van der Waals surface area contributed by atoms with Gasteiger partial charge in [-0.3, -0.25) is 9.36 Å². The van der Waals surface area contributed by atoms with E-state index in [4.69, 9.17) is 4.42 Å². The fourth-order valence-corrected chi connectivity index (χ4v) is 1.77. The molecule has 1 amide bonds. The highest BCUT2D eigenvalue weighted by Crippen LogP contribution is 2.11. The molecule has 0 aliphatic carbocycles. The lowest BCUT2D eigenvalue weighted by atomic mass is 10.1. The van der Waals surface area contributed by atoms with Crippen LogP contribution in [0.5, 0.6) is 0 Å². The van der Waals surface area contributed by atoms with Crippen molar-refractivity contribution in [1.29, 1.82) is 0 Å². The van der Waals surface area contributed by atoms with E-state index in [2.05, 4.69) is 5.32 Å². The van der Waals surface area contributed by atoms with Crippen LogP contribution >= 0.6 is 0 Å². The van der Waals surface area contributed by atoms with Gasteiger partial charge in [0.2, 0.25) is 5.91 Å². The molecule has 0 saturated carbocycles. The van der Waals surface area contributed by atoms with Crippen molar-refractivity contribution in [3.05, 3.63) is 34.8 Å². The Morgan fingerprint density at radius 3 is 2.68 bits per heavy atom. The fraction of sp³-hybridized carbons (Fsp3) is 0.429. The SMILES string of the molecule is CC(C)C(C)NC(=O)Cn1c(=O)oc2ccccc21. The zero-order valence-electron chi connectivity index (χ0n) is 11.3. The first-order valence-corrected chi connectivity index (χ1v) is 6.36. The molecule has 1 aromatic carbocycles. The number of nitrogens with one attached hydrogen (secondary N) is 1. The van der Waals surface area contributed by atoms with Crippen molar-refractivity contribution in [1.82, 2.24) is 9.88 Å². The minimum atomic E-state index is -0.506. The summed E-state index contributed by atoms with van der Waals surface area (Å²) in [5.41, 5.74) is 1.14. The van der Waals surface area contributed by atoms with Gasteiger partial charge in [-0.15, -0.1) is 0 Å². The van der Waals surface area contributed by atoms with Crippen LogP contribution in [0.15, 0.2) is 33.5 Å². The molecule has 0 aliphatic heterocycles. The lowest BCUT2D eigenvalue weighted by Crippen LogP contribution is -2.39. The maximum atomic E-state index is 11.9. The summed E-state index contributed by atoms with van der Waals surface area (Å²) in [7, 11) is 0. The molecule has 1 atom stereocenters. The van der Waals surface area contributed by atoms with Crippen LogP contribution in [-0.2, 0) is 11.3 Å². The van der Waals surface area contributed by atoms with Gasteiger partial charge in [-0.1, -0.05) is 26.0 Å². The number of hydrogen-bond acceptors (Lipinski definition) is 3. The van der Waals surface area contributed by atoms with E-state index < -0.39 is 5.76 Å². The molecule has 0 aliphatic rings. The molecule has 5 heteroatoms. The van der Waals surface area contributed by atoms with Crippen molar-refractivity contribution >= 4 is 17.0 Å². The molecule has 102 valence electrons. The number of carbonyl (C=O) groups is 1.